The summed E-state index contributed by atoms with van der Waals surface area (Å²) in [5, 5.41) is 3.13. The van der Waals surface area contributed by atoms with Crippen molar-refractivity contribution in [2.45, 2.75) is 12.5 Å². The van der Waals surface area contributed by atoms with Crippen LogP contribution in [0, 0.1) is 5.82 Å². The van der Waals surface area contributed by atoms with Crippen molar-refractivity contribution >= 4 is 35.2 Å². The van der Waals surface area contributed by atoms with E-state index in [4.69, 9.17) is 11.6 Å². The molecular formula is C16H19ClFN3O2S. The van der Waals surface area contributed by atoms with Gasteiger partial charge in [-0.15, -0.1) is 11.8 Å². The number of carbonyl (C=O) groups is 2. The quantitative estimate of drug-likeness (QED) is 0.861. The summed E-state index contributed by atoms with van der Waals surface area (Å²) in [4.78, 5) is 28.6. The van der Waals surface area contributed by atoms with E-state index in [1.807, 2.05) is 4.90 Å². The molecule has 2 heterocycles. The van der Waals surface area contributed by atoms with Crippen molar-refractivity contribution in [3.05, 3.63) is 34.6 Å². The predicted molar refractivity (Wildman–Crippen MR) is 92.8 cm³/mol. The number of rotatable bonds is 2. The lowest BCUT2D eigenvalue weighted by atomic mass is 10.2. The summed E-state index contributed by atoms with van der Waals surface area (Å²) < 4.78 is 13.2. The second kappa shape index (κ2) is 7.72. The first-order chi connectivity index (χ1) is 11.6. The summed E-state index contributed by atoms with van der Waals surface area (Å²) in [5.41, 5.74) is 0.370. The van der Waals surface area contributed by atoms with E-state index >= 15 is 0 Å². The summed E-state index contributed by atoms with van der Waals surface area (Å²) in [7, 11) is 0. The van der Waals surface area contributed by atoms with Crippen LogP contribution in [0.4, 0.5) is 4.39 Å². The van der Waals surface area contributed by atoms with Crippen LogP contribution in [0.3, 0.4) is 0 Å². The summed E-state index contributed by atoms with van der Waals surface area (Å²) in [6, 6.07) is 3.88. The fourth-order valence-electron chi connectivity index (χ4n) is 2.93. The molecule has 1 unspecified atom stereocenters. The van der Waals surface area contributed by atoms with E-state index in [9.17, 15) is 14.0 Å². The van der Waals surface area contributed by atoms with E-state index in [1.54, 1.807) is 16.7 Å². The molecule has 0 aromatic heterocycles. The van der Waals surface area contributed by atoms with Gasteiger partial charge in [0.2, 0.25) is 5.91 Å². The van der Waals surface area contributed by atoms with Crippen LogP contribution in [0.5, 0.6) is 0 Å². The number of thioether (sulfide) groups is 1. The molecule has 0 saturated carbocycles. The molecule has 2 fully saturated rings. The number of carbonyl (C=O) groups excluding carboxylic acids is 2. The molecule has 5 nitrogen and oxygen atoms in total. The maximum Gasteiger partial charge on any atom is 0.253 e. The zero-order valence-electron chi connectivity index (χ0n) is 13.1. The van der Waals surface area contributed by atoms with E-state index in [0.717, 1.165) is 18.1 Å². The van der Waals surface area contributed by atoms with Gasteiger partial charge >= 0.3 is 0 Å². The van der Waals surface area contributed by atoms with Gasteiger partial charge in [-0.1, -0.05) is 11.6 Å². The summed E-state index contributed by atoms with van der Waals surface area (Å²) >= 11 is 7.48. The first-order valence-corrected chi connectivity index (χ1v) is 9.44. The van der Waals surface area contributed by atoms with Crippen molar-refractivity contribution in [2.75, 3.05) is 37.8 Å². The van der Waals surface area contributed by atoms with Gasteiger partial charge in [-0.05, 0) is 24.6 Å². The molecular weight excluding hydrogens is 353 g/mol. The molecule has 0 spiro atoms. The summed E-state index contributed by atoms with van der Waals surface area (Å²) in [6.45, 7) is 2.21. The van der Waals surface area contributed by atoms with Crippen LogP contribution >= 0.6 is 23.4 Å². The lowest BCUT2D eigenvalue weighted by Crippen LogP contribution is -2.46. The Labute approximate surface area is 149 Å². The minimum absolute atomic E-state index is 0.0581. The average Bonchev–Trinajstić information content (AvgIpc) is 3.00. The van der Waals surface area contributed by atoms with Crippen LogP contribution in [0.2, 0.25) is 5.02 Å². The molecule has 0 bridgehead atoms. The highest BCUT2D eigenvalue weighted by Crippen LogP contribution is 2.19. The number of nitrogens with one attached hydrogen (secondary N) is 1. The number of halogens is 2. The SMILES string of the molecule is O=C(c1ccc(F)c(Cl)c1)N1CCCN(C(=O)C2CSCN2)CC1. The van der Waals surface area contributed by atoms with Gasteiger partial charge in [-0.3, -0.25) is 14.9 Å². The lowest BCUT2D eigenvalue weighted by molar-refractivity contribution is -0.132. The minimum Gasteiger partial charge on any atom is -0.339 e. The van der Waals surface area contributed by atoms with Crippen molar-refractivity contribution < 1.29 is 14.0 Å². The highest BCUT2D eigenvalue weighted by atomic mass is 35.5. The molecule has 2 amide bonds. The topological polar surface area (TPSA) is 52.7 Å². The summed E-state index contributed by atoms with van der Waals surface area (Å²) in [5.74, 6) is 0.995. The van der Waals surface area contributed by atoms with Gasteiger partial charge in [-0.2, -0.15) is 0 Å². The Bertz CT molecular complexity index is 640. The highest BCUT2D eigenvalue weighted by molar-refractivity contribution is 7.99. The van der Waals surface area contributed by atoms with E-state index in [2.05, 4.69) is 5.32 Å². The molecule has 2 aliphatic heterocycles. The molecule has 1 aromatic rings. The second-order valence-corrected chi connectivity index (χ2v) is 7.31. The van der Waals surface area contributed by atoms with Crippen LogP contribution in [0.15, 0.2) is 18.2 Å². The Morgan fingerprint density at radius 2 is 1.96 bits per heavy atom. The first-order valence-electron chi connectivity index (χ1n) is 7.90. The van der Waals surface area contributed by atoms with E-state index in [-0.39, 0.29) is 22.9 Å². The zero-order chi connectivity index (χ0) is 17.1. The molecule has 3 rings (SSSR count). The number of benzene rings is 1. The van der Waals surface area contributed by atoms with Gasteiger partial charge < -0.3 is 9.80 Å². The number of nitrogens with zero attached hydrogens (tertiary/aromatic N) is 2. The van der Waals surface area contributed by atoms with Crippen LogP contribution < -0.4 is 5.32 Å². The Morgan fingerprint density at radius 3 is 2.67 bits per heavy atom. The molecule has 24 heavy (non-hydrogen) atoms. The number of hydrogen-bond donors (Lipinski definition) is 1. The van der Waals surface area contributed by atoms with E-state index in [0.29, 0.717) is 31.7 Å². The van der Waals surface area contributed by atoms with Gasteiger partial charge in [0.05, 0.1) is 11.1 Å². The molecule has 8 heteroatoms. The fourth-order valence-corrected chi connectivity index (χ4v) is 4.04. The van der Waals surface area contributed by atoms with Crippen molar-refractivity contribution in [1.29, 1.82) is 0 Å². The molecule has 130 valence electrons. The van der Waals surface area contributed by atoms with Gasteiger partial charge in [0.25, 0.3) is 5.91 Å². The van der Waals surface area contributed by atoms with Crippen molar-refractivity contribution in [3.63, 3.8) is 0 Å². The predicted octanol–water partition coefficient (Wildman–Crippen LogP) is 1.82. The Morgan fingerprint density at radius 1 is 1.21 bits per heavy atom. The summed E-state index contributed by atoms with van der Waals surface area (Å²) in [6.07, 6.45) is 0.728. The number of hydrogen-bond acceptors (Lipinski definition) is 4. The Balaban J connectivity index is 1.63. The number of amides is 2. The zero-order valence-corrected chi connectivity index (χ0v) is 14.7. The largest absolute Gasteiger partial charge is 0.339 e. The second-order valence-electron chi connectivity index (χ2n) is 5.87. The average molecular weight is 372 g/mol. The van der Waals surface area contributed by atoms with Crippen LogP contribution in [0.1, 0.15) is 16.8 Å². The first kappa shape index (κ1) is 17.5. The fraction of sp³-hybridized carbons (Fsp3) is 0.500. The molecule has 1 N–H and O–H groups in total. The van der Waals surface area contributed by atoms with Crippen molar-refractivity contribution in [1.82, 2.24) is 15.1 Å². The van der Waals surface area contributed by atoms with E-state index < -0.39 is 5.82 Å². The highest BCUT2D eigenvalue weighted by Gasteiger charge is 2.29. The lowest BCUT2D eigenvalue weighted by Gasteiger charge is -2.24. The van der Waals surface area contributed by atoms with Crippen molar-refractivity contribution in [3.8, 4) is 0 Å². The maximum absolute atomic E-state index is 13.2. The third kappa shape index (κ3) is 3.84. The third-order valence-electron chi connectivity index (χ3n) is 4.28. The standard InChI is InChI=1S/C16H19ClFN3O2S/c17-12-8-11(2-3-13(12)18)15(22)20-4-1-5-21(7-6-20)16(23)14-9-24-10-19-14/h2-3,8,14,19H,1,4-7,9-10H2. The van der Waals surface area contributed by atoms with Gasteiger partial charge in [0.15, 0.2) is 0 Å². The minimum atomic E-state index is -0.539. The molecule has 2 aliphatic rings. The third-order valence-corrected chi connectivity index (χ3v) is 5.51. The molecule has 0 radical (unpaired) electrons. The van der Waals surface area contributed by atoms with Gasteiger partial charge in [0, 0.05) is 43.4 Å². The maximum atomic E-state index is 13.2. The van der Waals surface area contributed by atoms with Crippen LogP contribution in [0.25, 0.3) is 0 Å². The van der Waals surface area contributed by atoms with E-state index in [1.165, 1.54) is 18.2 Å². The Hall–Kier alpha value is -1.31. The molecule has 2 saturated heterocycles. The van der Waals surface area contributed by atoms with Crippen LogP contribution in [-0.4, -0.2) is 65.5 Å². The normalized spacial score (nSPS) is 21.7. The Kier molecular flexibility index (Phi) is 5.63. The van der Waals surface area contributed by atoms with Gasteiger partial charge in [0.1, 0.15) is 5.82 Å². The molecule has 1 atom stereocenters. The molecule has 1 aromatic carbocycles. The van der Waals surface area contributed by atoms with Gasteiger partial charge in [-0.25, -0.2) is 4.39 Å². The van der Waals surface area contributed by atoms with Crippen LogP contribution in [-0.2, 0) is 4.79 Å². The monoisotopic (exact) mass is 371 g/mol. The molecule has 0 aliphatic carbocycles. The van der Waals surface area contributed by atoms with Crippen molar-refractivity contribution in [2.24, 2.45) is 0 Å². The smallest absolute Gasteiger partial charge is 0.253 e.